The zero-order valence-corrected chi connectivity index (χ0v) is 18.1. The van der Waals surface area contributed by atoms with Crippen molar-refractivity contribution in [3.63, 3.8) is 0 Å². The summed E-state index contributed by atoms with van der Waals surface area (Å²) in [4.78, 5) is 16.6. The van der Waals surface area contributed by atoms with Crippen molar-refractivity contribution < 1.29 is 13.2 Å². The Hall–Kier alpha value is -2.51. The van der Waals surface area contributed by atoms with Gasteiger partial charge in [-0.05, 0) is 79.9 Å². The van der Waals surface area contributed by atoms with Crippen LogP contribution in [0, 0.1) is 20.8 Å². The molecule has 0 spiro atoms. The molecule has 0 fully saturated rings. The molecule has 0 unspecified atom stereocenters. The van der Waals surface area contributed by atoms with Gasteiger partial charge in [0.25, 0.3) is 5.91 Å². The van der Waals surface area contributed by atoms with Crippen molar-refractivity contribution in [1.29, 1.82) is 0 Å². The molecule has 2 aromatic carbocycles. The minimum Gasteiger partial charge on any atom is -0.322 e. The Kier molecular flexibility index (Phi) is 5.67. The largest absolute Gasteiger partial charge is 0.322 e. The highest BCUT2D eigenvalue weighted by Gasteiger charge is 2.20. The van der Waals surface area contributed by atoms with Gasteiger partial charge in [0.1, 0.15) is 0 Å². The first-order valence-corrected chi connectivity index (χ1v) is 10.8. The maximum absolute atomic E-state index is 12.8. The molecule has 1 heterocycles. The van der Waals surface area contributed by atoms with Gasteiger partial charge in [-0.15, -0.1) is 0 Å². The minimum absolute atomic E-state index is 0.0909. The molecule has 144 valence electrons. The van der Waals surface area contributed by atoms with Crippen molar-refractivity contribution in [2.24, 2.45) is 0 Å². The van der Waals surface area contributed by atoms with Crippen LogP contribution in [0.1, 0.15) is 27.0 Å². The first-order valence-electron chi connectivity index (χ1n) is 8.54. The summed E-state index contributed by atoms with van der Waals surface area (Å²) >= 11 is 3.41. The van der Waals surface area contributed by atoms with Crippen molar-refractivity contribution in [3.05, 3.63) is 81.5 Å². The molecule has 1 aromatic heterocycles. The summed E-state index contributed by atoms with van der Waals surface area (Å²) in [5.41, 5.74) is 3.83. The number of sulfone groups is 1. The number of pyridine rings is 1. The summed E-state index contributed by atoms with van der Waals surface area (Å²) in [6.45, 7) is 5.71. The van der Waals surface area contributed by atoms with E-state index in [1.807, 2.05) is 32.9 Å². The summed E-state index contributed by atoms with van der Waals surface area (Å²) in [6, 6.07) is 13.2. The van der Waals surface area contributed by atoms with Crippen LogP contribution in [0.15, 0.2) is 69.1 Å². The molecule has 0 atom stereocenters. The highest BCUT2D eigenvalue weighted by atomic mass is 79.9. The number of nitrogens with one attached hydrogen (secondary N) is 1. The van der Waals surface area contributed by atoms with E-state index < -0.39 is 9.84 Å². The fourth-order valence-corrected chi connectivity index (χ4v) is 4.11. The Balaban J connectivity index is 1.83. The Bertz CT molecular complexity index is 1160. The smallest absolute Gasteiger partial charge is 0.257 e. The van der Waals surface area contributed by atoms with E-state index in [0.29, 0.717) is 5.69 Å². The monoisotopic (exact) mass is 458 g/mol. The fourth-order valence-electron chi connectivity index (χ4n) is 2.60. The van der Waals surface area contributed by atoms with Gasteiger partial charge in [-0.2, -0.15) is 0 Å². The molecular weight excluding hydrogens is 440 g/mol. The number of aromatic nitrogens is 1. The predicted molar refractivity (Wildman–Crippen MR) is 112 cm³/mol. The Labute approximate surface area is 172 Å². The van der Waals surface area contributed by atoms with Crippen LogP contribution < -0.4 is 5.32 Å². The average Bonchev–Trinajstić information content (AvgIpc) is 2.67. The van der Waals surface area contributed by atoms with Crippen LogP contribution in [0.2, 0.25) is 0 Å². The zero-order valence-electron chi connectivity index (χ0n) is 15.7. The third-order valence-electron chi connectivity index (χ3n) is 4.48. The predicted octanol–water partition coefficient (Wildman–Crippen LogP) is 4.85. The van der Waals surface area contributed by atoms with E-state index >= 15 is 0 Å². The van der Waals surface area contributed by atoms with Gasteiger partial charge >= 0.3 is 0 Å². The van der Waals surface area contributed by atoms with Crippen LogP contribution in [-0.2, 0) is 9.84 Å². The lowest BCUT2D eigenvalue weighted by Crippen LogP contribution is -2.13. The standard InChI is InChI=1S/C21H19BrN2O3S/c1-13-4-7-18(11-14(13)2)28(26,27)20-9-5-16(12-23-20)21(25)24-17-6-8-19(22)15(3)10-17/h4-12H,1-3H3,(H,24,25). The second-order valence-electron chi connectivity index (χ2n) is 6.55. The summed E-state index contributed by atoms with van der Waals surface area (Å²) in [6.07, 6.45) is 1.27. The molecule has 5 nitrogen and oxygen atoms in total. The first kappa shape index (κ1) is 20.2. The fraction of sp³-hybridized carbons (Fsp3) is 0.143. The molecule has 28 heavy (non-hydrogen) atoms. The molecule has 0 radical (unpaired) electrons. The van der Waals surface area contributed by atoms with Crippen molar-refractivity contribution in [1.82, 2.24) is 4.98 Å². The second-order valence-corrected chi connectivity index (χ2v) is 9.30. The van der Waals surface area contributed by atoms with Gasteiger partial charge in [0, 0.05) is 16.4 Å². The lowest BCUT2D eigenvalue weighted by molar-refractivity contribution is 0.102. The summed E-state index contributed by atoms with van der Waals surface area (Å²) < 4.78 is 26.5. The topological polar surface area (TPSA) is 76.1 Å². The highest BCUT2D eigenvalue weighted by molar-refractivity contribution is 9.10. The van der Waals surface area contributed by atoms with E-state index in [-0.39, 0.29) is 21.4 Å². The number of hydrogen-bond acceptors (Lipinski definition) is 4. The quantitative estimate of drug-likeness (QED) is 0.605. The summed E-state index contributed by atoms with van der Waals surface area (Å²) in [5.74, 6) is -0.357. The van der Waals surface area contributed by atoms with Crippen molar-refractivity contribution >= 4 is 37.4 Å². The van der Waals surface area contributed by atoms with Crippen molar-refractivity contribution in [2.75, 3.05) is 5.32 Å². The number of benzene rings is 2. The molecule has 0 bridgehead atoms. The van der Waals surface area contributed by atoms with Gasteiger partial charge in [0.2, 0.25) is 9.84 Å². The van der Waals surface area contributed by atoms with Gasteiger partial charge in [0.15, 0.2) is 5.03 Å². The SMILES string of the molecule is Cc1ccc(S(=O)(=O)c2ccc(C(=O)Nc3ccc(Br)c(C)c3)cn2)cc1C. The van der Waals surface area contributed by atoms with Crippen LogP contribution in [0.3, 0.4) is 0 Å². The number of rotatable bonds is 4. The van der Waals surface area contributed by atoms with E-state index in [2.05, 4.69) is 26.2 Å². The maximum atomic E-state index is 12.8. The number of hydrogen-bond donors (Lipinski definition) is 1. The molecule has 3 rings (SSSR count). The lowest BCUT2D eigenvalue weighted by atomic mass is 10.1. The maximum Gasteiger partial charge on any atom is 0.257 e. The van der Waals surface area contributed by atoms with Crippen LogP contribution in [0.5, 0.6) is 0 Å². The Morgan fingerprint density at radius 3 is 2.29 bits per heavy atom. The average molecular weight is 459 g/mol. The van der Waals surface area contributed by atoms with E-state index in [0.717, 1.165) is 21.2 Å². The molecule has 0 saturated heterocycles. The van der Waals surface area contributed by atoms with Gasteiger partial charge in [-0.3, -0.25) is 4.79 Å². The molecule has 0 aliphatic carbocycles. The number of halogens is 1. The number of aryl methyl sites for hydroxylation is 3. The molecule has 7 heteroatoms. The third-order valence-corrected chi connectivity index (χ3v) is 7.03. The minimum atomic E-state index is -3.74. The Morgan fingerprint density at radius 2 is 1.68 bits per heavy atom. The number of nitrogens with zero attached hydrogens (tertiary/aromatic N) is 1. The lowest BCUT2D eigenvalue weighted by Gasteiger charge is -2.09. The summed E-state index contributed by atoms with van der Waals surface area (Å²) in [5, 5.41) is 2.69. The third kappa shape index (κ3) is 4.15. The molecule has 0 saturated carbocycles. The van der Waals surface area contributed by atoms with Crippen LogP contribution in [0.25, 0.3) is 0 Å². The normalized spacial score (nSPS) is 11.3. The van der Waals surface area contributed by atoms with Crippen molar-refractivity contribution in [2.45, 2.75) is 30.7 Å². The molecule has 3 aromatic rings. The van der Waals surface area contributed by atoms with Gasteiger partial charge in [-0.25, -0.2) is 13.4 Å². The van der Waals surface area contributed by atoms with Gasteiger partial charge in [0.05, 0.1) is 10.5 Å². The highest BCUT2D eigenvalue weighted by Crippen LogP contribution is 2.23. The molecule has 0 aliphatic rings. The Morgan fingerprint density at radius 1 is 0.929 bits per heavy atom. The number of amides is 1. The van der Waals surface area contributed by atoms with Gasteiger partial charge < -0.3 is 5.32 Å². The molecule has 0 aliphatic heterocycles. The van der Waals surface area contributed by atoms with Crippen LogP contribution in [0.4, 0.5) is 5.69 Å². The van der Waals surface area contributed by atoms with E-state index in [1.54, 1.807) is 24.3 Å². The first-order chi connectivity index (χ1) is 13.2. The van der Waals surface area contributed by atoms with Crippen LogP contribution in [-0.4, -0.2) is 19.3 Å². The van der Waals surface area contributed by atoms with E-state index in [9.17, 15) is 13.2 Å². The zero-order chi connectivity index (χ0) is 20.5. The number of carbonyl (C=O) groups excluding carboxylic acids is 1. The number of anilines is 1. The molecular formula is C21H19BrN2O3S. The van der Waals surface area contributed by atoms with E-state index in [1.165, 1.54) is 18.3 Å². The van der Waals surface area contributed by atoms with E-state index in [4.69, 9.17) is 0 Å². The van der Waals surface area contributed by atoms with Gasteiger partial charge in [-0.1, -0.05) is 22.0 Å². The van der Waals surface area contributed by atoms with Crippen molar-refractivity contribution in [3.8, 4) is 0 Å². The summed E-state index contributed by atoms with van der Waals surface area (Å²) in [7, 11) is -3.74. The number of carbonyl (C=O) groups is 1. The molecule has 1 N–H and O–H groups in total. The molecule has 1 amide bonds. The second kappa shape index (κ2) is 7.85. The van der Waals surface area contributed by atoms with Crippen LogP contribution >= 0.6 is 15.9 Å².